The number of hydrogen-bond donors (Lipinski definition) is 8. The first kappa shape index (κ1) is 78.9. The predicted molar refractivity (Wildman–Crippen MR) is 347 cm³/mol. The first-order valence-corrected chi connectivity index (χ1v) is 32.4. The van der Waals surface area contributed by atoms with Crippen LogP contribution in [-0.2, 0) is 68.6 Å². The number of anilines is 1. The molecule has 0 fully saturated rings. The normalized spacial score (nSPS) is 15.0. The topological polar surface area (TPSA) is 351 Å². The highest BCUT2D eigenvalue weighted by Gasteiger charge is 2.39. The average Bonchev–Trinajstić information content (AvgIpc) is 2.87. The number of carboxylic acids is 1. The van der Waals surface area contributed by atoms with Crippen LogP contribution >= 0.6 is 11.3 Å². The van der Waals surface area contributed by atoms with Gasteiger partial charge < -0.3 is 61.2 Å². The Morgan fingerprint density at radius 1 is 0.793 bits per heavy atom. The van der Waals surface area contributed by atoms with Crippen molar-refractivity contribution in [2.24, 2.45) is 17.8 Å². The number of ether oxygens (including phenoxy) is 3. The van der Waals surface area contributed by atoms with Crippen molar-refractivity contribution in [2.75, 3.05) is 59.8 Å². The van der Waals surface area contributed by atoms with E-state index >= 15 is 0 Å². The lowest BCUT2D eigenvalue weighted by Gasteiger charge is -2.38. The van der Waals surface area contributed by atoms with Crippen LogP contribution in [0.15, 0.2) is 35.7 Å². The van der Waals surface area contributed by atoms with E-state index in [0.29, 0.717) is 31.4 Å². The minimum absolute atomic E-state index is 0.0162. The smallest absolute Gasteiger partial charge is 0.306 e. The summed E-state index contributed by atoms with van der Waals surface area (Å²) in [4.78, 5) is 152. The van der Waals surface area contributed by atoms with Crippen molar-refractivity contribution in [3.8, 4) is 5.75 Å². The Morgan fingerprint density at radius 2 is 1.43 bits per heavy atom. The highest BCUT2D eigenvalue weighted by molar-refractivity contribution is 7.09. The van der Waals surface area contributed by atoms with E-state index in [2.05, 4.69) is 36.9 Å². The molecule has 1 aliphatic rings. The number of aliphatic carboxylic acids is 1. The number of thiazole rings is 1. The molecule has 27 heteroatoms. The van der Waals surface area contributed by atoms with Crippen molar-refractivity contribution in [3.05, 3.63) is 52.0 Å². The Bertz CT molecular complexity index is 2890. The lowest BCUT2D eigenvalue weighted by Crippen LogP contribution is -2.60. The Kier molecular flexibility index (Phi) is 31.5. The molecular weight excluding hydrogens is 1210 g/mol. The second-order valence-electron chi connectivity index (χ2n) is 26.0. The van der Waals surface area contributed by atoms with Gasteiger partial charge in [0.2, 0.25) is 35.4 Å². The molecule has 3 rings (SSSR count). The number of likely N-dealkylation sites (N-methyl/N-ethyl adjacent to an activating group) is 2. The summed E-state index contributed by atoms with van der Waals surface area (Å²) in [5.41, 5.74) is -1.70. The third-order valence-electron chi connectivity index (χ3n) is 16.5. The van der Waals surface area contributed by atoms with Crippen molar-refractivity contribution in [2.45, 2.75) is 207 Å². The van der Waals surface area contributed by atoms with E-state index in [0.717, 1.165) is 28.4 Å². The van der Waals surface area contributed by atoms with Gasteiger partial charge in [0.15, 0.2) is 6.10 Å². The number of amides is 9. The first-order chi connectivity index (χ1) is 42.9. The van der Waals surface area contributed by atoms with Crippen LogP contribution in [-0.4, -0.2) is 190 Å². The SMILES string of the molecule is CC[C@H](C)[C@H](NC(=O)C(C)(C)N(C)C)C(=O)N(C)C(C[C@@H](OC(C)=O)c1nc(C(=O)N[C@@H](Cc2ccc(O)c(NC(=O)CCCNC(=O)[C@H](CCCCNC(=O)CC(C)(C)OCC(C)(C)OC)NC(=O)CCCN3C(=O)C=CC3=O)c2)CC(C)C(=O)O)cs1)C(C)C. The quantitative estimate of drug-likeness (QED) is 0.0174. The fourth-order valence-electron chi connectivity index (χ4n) is 9.71. The third kappa shape index (κ3) is 26.0. The van der Waals surface area contributed by atoms with E-state index in [9.17, 15) is 63.0 Å². The van der Waals surface area contributed by atoms with Gasteiger partial charge in [-0.3, -0.25) is 62.5 Å². The highest BCUT2D eigenvalue weighted by Crippen LogP contribution is 2.32. The molecule has 0 saturated carbocycles. The van der Waals surface area contributed by atoms with Crippen LogP contribution in [0.4, 0.5) is 5.69 Å². The standard InChI is InChI=1S/C65H102N10O16S/c1-17-40(4)56(72-62(88)65(11,12)73(13)14)60(85)74(15)48(39(2)3)35-50(91-42(6)76)59-71-47(37-92-59)58(84)68-44(32-41(5)61(86)87)33-43-25-26-49(77)46(34-43)70-51(78)23-20-30-67-57(83)45(69-52(79)24-21-31-75-54(81)27-28-55(75)82)22-18-19-29-66-53(80)36-63(7,8)90-38-64(9,10)89-16/h25-28,34,37,39-41,44-45,48,50,56,77H,17-24,29-33,35-36,38H2,1-16H3,(H,66,80)(H,67,83)(H,68,84)(H,69,79)(H,70,78)(H,72,88)(H,86,87)/t40-,41?,44+,45-,48?,50+,56-/m0/s1. The maximum atomic E-state index is 14.4. The molecule has 2 aromatic rings. The van der Waals surface area contributed by atoms with Crippen LogP contribution in [0.25, 0.3) is 0 Å². The number of esters is 1. The number of aromatic hydroxyl groups is 1. The number of aromatic nitrogens is 1. The zero-order valence-corrected chi connectivity index (χ0v) is 57.5. The van der Waals surface area contributed by atoms with E-state index in [1.165, 1.54) is 31.4 Å². The summed E-state index contributed by atoms with van der Waals surface area (Å²) in [5, 5.41) is 39.5. The van der Waals surface area contributed by atoms with Gasteiger partial charge in [-0.05, 0) is 130 Å². The molecule has 514 valence electrons. The highest BCUT2D eigenvalue weighted by atomic mass is 32.1. The molecule has 26 nitrogen and oxygen atoms in total. The summed E-state index contributed by atoms with van der Waals surface area (Å²) >= 11 is 1.07. The predicted octanol–water partition coefficient (Wildman–Crippen LogP) is 5.57. The number of imide groups is 1. The van der Waals surface area contributed by atoms with Crippen molar-refractivity contribution in [1.82, 2.24) is 46.3 Å². The van der Waals surface area contributed by atoms with Crippen LogP contribution < -0.4 is 31.9 Å². The number of rotatable bonds is 41. The number of phenolic OH excluding ortho intramolecular Hbond substituents is 1. The summed E-state index contributed by atoms with van der Waals surface area (Å²) < 4.78 is 17.2. The second-order valence-corrected chi connectivity index (χ2v) is 26.9. The van der Waals surface area contributed by atoms with Gasteiger partial charge in [-0.1, -0.05) is 47.1 Å². The molecule has 0 aliphatic carbocycles. The van der Waals surface area contributed by atoms with Crippen LogP contribution in [0.2, 0.25) is 0 Å². The molecule has 8 N–H and O–H groups in total. The Balaban J connectivity index is 1.70. The second kappa shape index (κ2) is 36.8. The molecule has 1 aromatic carbocycles. The van der Waals surface area contributed by atoms with Crippen LogP contribution in [0.1, 0.15) is 181 Å². The van der Waals surface area contributed by atoms with Crippen molar-refractivity contribution < 1.29 is 77.2 Å². The molecule has 0 bridgehead atoms. The number of carbonyl (C=O) groups is 11. The number of methoxy groups -OCH3 is 1. The van der Waals surface area contributed by atoms with E-state index in [4.69, 9.17) is 14.2 Å². The molecule has 9 amide bonds. The van der Waals surface area contributed by atoms with E-state index in [1.54, 1.807) is 58.0 Å². The Labute approximate surface area is 545 Å². The average molecular weight is 1310 g/mol. The number of nitrogens with one attached hydrogen (secondary N) is 6. The van der Waals surface area contributed by atoms with E-state index in [-0.39, 0.29) is 129 Å². The maximum absolute atomic E-state index is 14.4. The van der Waals surface area contributed by atoms with E-state index in [1.807, 2.05) is 55.4 Å². The number of carbonyl (C=O) groups excluding carboxylic acids is 10. The Hall–Kier alpha value is -7.36. The number of unbranched alkanes of at least 4 members (excludes halogenated alkanes) is 1. The largest absolute Gasteiger partial charge is 0.506 e. The van der Waals surface area contributed by atoms with Crippen LogP contribution in [0, 0.1) is 17.8 Å². The third-order valence-corrected chi connectivity index (χ3v) is 17.4. The van der Waals surface area contributed by atoms with Crippen molar-refractivity contribution in [1.29, 1.82) is 0 Å². The first-order valence-electron chi connectivity index (χ1n) is 31.5. The van der Waals surface area contributed by atoms with Crippen LogP contribution in [0.3, 0.4) is 0 Å². The molecule has 2 heterocycles. The molecule has 2 unspecified atom stereocenters. The van der Waals surface area contributed by atoms with Gasteiger partial charge in [0, 0.05) is 89.6 Å². The van der Waals surface area contributed by atoms with Gasteiger partial charge in [-0.2, -0.15) is 0 Å². The minimum Gasteiger partial charge on any atom is -0.506 e. The number of benzene rings is 1. The number of phenols is 1. The summed E-state index contributed by atoms with van der Waals surface area (Å²) in [6, 6.07) is 1.22. The van der Waals surface area contributed by atoms with Crippen LogP contribution in [0.5, 0.6) is 5.75 Å². The number of hydrogen-bond acceptors (Lipinski definition) is 18. The zero-order valence-electron chi connectivity index (χ0n) is 56.7. The summed E-state index contributed by atoms with van der Waals surface area (Å²) in [7, 11) is 6.79. The lowest BCUT2D eigenvalue weighted by atomic mass is 9.92. The number of carboxylic acid groups (broad SMARTS) is 1. The van der Waals surface area contributed by atoms with E-state index < -0.39 is 100 Å². The molecule has 7 atom stereocenters. The molecule has 92 heavy (non-hydrogen) atoms. The molecular formula is C65H102N10O16S. The monoisotopic (exact) mass is 1310 g/mol. The molecule has 0 radical (unpaired) electrons. The van der Waals surface area contributed by atoms with Gasteiger partial charge in [-0.25, -0.2) is 4.98 Å². The van der Waals surface area contributed by atoms with Gasteiger partial charge in [0.25, 0.3) is 17.7 Å². The number of nitrogens with zero attached hydrogens (tertiary/aromatic N) is 4. The summed E-state index contributed by atoms with van der Waals surface area (Å²) in [6.45, 7) is 21.9. The van der Waals surface area contributed by atoms with Gasteiger partial charge in [0.1, 0.15) is 28.5 Å². The zero-order chi connectivity index (χ0) is 69.4. The molecule has 1 aliphatic heterocycles. The van der Waals surface area contributed by atoms with Crippen molar-refractivity contribution >= 4 is 82.1 Å². The van der Waals surface area contributed by atoms with Crippen molar-refractivity contribution in [3.63, 3.8) is 0 Å². The molecule has 0 spiro atoms. The summed E-state index contributed by atoms with van der Waals surface area (Å²) in [5.74, 6) is -7.31. The Morgan fingerprint density at radius 3 is 2.03 bits per heavy atom. The van der Waals surface area contributed by atoms with Gasteiger partial charge in [0.05, 0.1) is 41.4 Å². The summed E-state index contributed by atoms with van der Waals surface area (Å²) in [6.07, 6.45) is 3.35. The lowest BCUT2D eigenvalue weighted by molar-refractivity contribution is -0.149. The molecule has 1 aromatic heterocycles. The fourth-order valence-corrected chi connectivity index (χ4v) is 10.5. The minimum atomic E-state index is -1.11. The maximum Gasteiger partial charge on any atom is 0.306 e. The fraction of sp³-hybridized carbons (Fsp3) is 0.662. The van der Waals surface area contributed by atoms with Gasteiger partial charge >= 0.3 is 11.9 Å². The molecule has 0 saturated heterocycles. The van der Waals surface area contributed by atoms with Gasteiger partial charge in [-0.15, -0.1) is 11.3 Å².